The molecule has 2 aliphatic heterocycles. The van der Waals surface area contributed by atoms with Gasteiger partial charge < -0.3 is 14.5 Å². The predicted molar refractivity (Wildman–Crippen MR) is 127 cm³/mol. The molecule has 0 aromatic carbocycles. The first-order valence-corrected chi connectivity index (χ1v) is 13.0. The minimum Gasteiger partial charge on any atom is -0.367 e. The molecule has 4 aliphatic rings. The summed E-state index contributed by atoms with van der Waals surface area (Å²) in [5.74, 6) is -0.656. The fourth-order valence-electron chi connectivity index (χ4n) is 6.02. The molecule has 4 heterocycles. The average Bonchev–Trinajstić information content (AvgIpc) is 3.51. The highest BCUT2D eigenvalue weighted by Gasteiger charge is 2.43. The van der Waals surface area contributed by atoms with Crippen LogP contribution >= 0.6 is 0 Å². The van der Waals surface area contributed by atoms with Gasteiger partial charge in [0.05, 0.1) is 42.1 Å². The van der Waals surface area contributed by atoms with E-state index in [0.29, 0.717) is 49.9 Å². The lowest BCUT2D eigenvalue weighted by Gasteiger charge is -2.38. The van der Waals surface area contributed by atoms with Crippen molar-refractivity contribution in [1.82, 2.24) is 19.7 Å². The van der Waals surface area contributed by atoms with Gasteiger partial charge in [0, 0.05) is 43.4 Å². The van der Waals surface area contributed by atoms with Gasteiger partial charge in [-0.1, -0.05) is 0 Å². The first-order valence-electron chi connectivity index (χ1n) is 13.0. The van der Waals surface area contributed by atoms with Crippen LogP contribution in [0.15, 0.2) is 18.5 Å². The number of amides is 1. The van der Waals surface area contributed by atoms with Gasteiger partial charge in [-0.25, -0.2) is 4.98 Å². The van der Waals surface area contributed by atoms with Crippen molar-refractivity contribution in [1.29, 1.82) is 0 Å². The molecule has 1 amide bonds. The van der Waals surface area contributed by atoms with E-state index in [0.717, 1.165) is 29.7 Å². The summed E-state index contributed by atoms with van der Waals surface area (Å²) in [6.07, 6.45) is 2.99. The van der Waals surface area contributed by atoms with E-state index in [-0.39, 0.29) is 36.9 Å². The number of morpholine rings is 1. The number of nitrogens with zero attached hydrogens (tertiary/aromatic N) is 5. The standard InChI is InChI=1S/C26H32F3N5O2/c1-15-11-33(14-22(36-15)17-10-30-34(12-17)19-7-8-19)23-9-20-21(13-32(2)25(20)35)24(31-23)16-3-5-18(6-4-16)26(27,28)29/h9-10,12,15-16,18-19,22H,3-8,11,13-14H2,1-2H3/t15-,16?,18?,22-/m1/s1. The Bertz CT molecular complexity index is 1150. The van der Waals surface area contributed by atoms with Crippen LogP contribution in [0.25, 0.3) is 0 Å². The molecular formula is C26H32F3N5O2. The molecule has 0 spiro atoms. The lowest BCUT2D eigenvalue weighted by atomic mass is 9.78. The van der Waals surface area contributed by atoms with Crippen LogP contribution in [0.1, 0.15) is 90.7 Å². The molecule has 2 aromatic rings. The summed E-state index contributed by atoms with van der Waals surface area (Å²) in [7, 11) is 1.76. The third-order valence-electron chi connectivity index (χ3n) is 8.19. The Morgan fingerprint density at radius 3 is 2.53 bits per heavy atom. The summed E-state index contributed by atoms with van der Waals surface area (Å²) in [5.41, 5.74) is 3.34. The van der Waals surface area contributed by atoms with Crippen LogP contribution in [-0.4, -0.2) is 58.0 Å². The zero-order chi connectivity index (χ0) is 25.2. The fraction of sp³-hybridized carbons (Fsp3) is 0.654. The Kier molecular flexibility index (Phi) is 5.77. The highest BCUT2D eigenvalue weighted by molar-refractivity contribution is 5.99. The molecule has 0 N–H and O–H groups in total. The van der Waals surface area contributed by atoms with Gasteiger partial charge in [0.15, 0.2) is 0 Å². The fourth-order valence-corrected chi connectivity index (χ4v) is 6.02. The summed E-state index contributed by atoms with van der Waals surface area (Å²) in [4.78, 5) is 21.8. The highest BCUT2D eigenvalue weighted by atomic mass is 19.4. The number of carbonyl (C=O) groups is 1. The summed E-state index contributed by atoms with van der Waals surface area (Å²) in [6, 6.07) is 2.36. The predicted octanol–water partition coefficient (Wildman–Crippen LogP) is 5.00. The van der Waals surface area contributed by atoms with Crippen molar-refractivity contribution in [2.75, 3.05) is 25.0 Å². The van der Waals surface area contributed by atoms with Crippen LogP contribution < -0.4 is 4.90 Å². The van der Waals surface area contributed by atoms with Crippen molar-refractivity contribution < 1.29 is 22.7 Å². The lowest BCUT2D eigenvalue weighted by Crippen LogP contribution is -2.43. The topological polar surface area (TPSA) is 63.5 Å². The molecule has 2 aromatic heterocycles. The molecule has 2 saturated carbocycles. The first kappa shape index (κ1) is 23.8. The van der Waals surface area contributed by atoms with Crippen LogP contribution in [-0.2, 0) is 11.3 Å². The number of carbonyl (C=O) groups excluding carboxylic acids is 1. The number of rotatable bonds is 4. The third kappa shape index (κ3) is 4.37. The molecule has 3 fully saturated rings. The molecule has 2 aliphatic carbocycles. The van der Waals surface area contributed by atoms with Gasteiger partial charge in [0.2, 0.25) is 0 Å². The number of alkyl halides is 3. The smallest absolute Gasteiger partial charge is 0.367 e. The first-order chi connectivity index (χ1) is 17.2. The molecule has 1 saturated heterocycles. The van der Waals surface area contributed by atoms with Crippen LogP contribution in [0.3, 0.4) is 0 Å². The second kappa shape index (κ2) is 8.75. The van der Waals surface area contributed by atoms with Gasteiger partial charge in [-0.2, -0.15) is 18.3 Å². The summed E-state index contributed by atoms with van der Waals surface area (Å²) in [5, 5.41) is 4.51. The van der Waals surface area contributed by atoms with Crippen molar-refractivity contribution in [2.45, 2.75) is 82.3 Å². The zero-order valence-corrected chi connectivity index (χ0v) is 20.7. The minimum absolute atomic E-state index is 0.0490. The van der Waals surface area contributed by atoms with Crippen LogP contribution in [0.5, 0.6) is 0 Å². The van der Waals surface area contributed by atoms with Crippen molar-refractivity contribution >= 4 is 11.7 Å². The summed E-state index contributed by atoms with van der Waals surface area (Å²) < 4.78 is 48.1. The monoisotopic (exact) mass is 503 g/mol. The Morgan fingerprint density at radius 2 is 1.83 bits per heavy atom. The molecular weight excluding hydrogens is 471 g/mol. The molecule has 6 rings (SSSR count). The van der Waals surface area contributed by atoms with E-state index in [1.807, 2.05) is 23.9 Å². The SMILES string of the molecule is C[C@@H]1CN(c2cc3c(c(C4CCC(C(F)(F)F)CC4)n2)CN(C)C3=O)C[C@H](c2cnn(C3CC3)c2)O1. The van der Waals surface area contributed by atoms with E-state index in [4.69, 9.17) is 9.72 Å². The molecule has 0 bridgehead atoms. The largest absolute Gasteiger partial charge is 0.391 e. The van der Waals surface area contributed by atoms with Crippen molar-refractivity contribution in [3.63, 3.8) is 0 Å². The Morgan fingerprint density at radius 1 is 1.08 bits per heavy atom. The lowest BCUT2D eigenvalue weighted by molar-refractivity contribution is -0.182. The Balaban J connectivity index is 1.29. The van der Waals surface area contributed by atoms with Crippen LogP contribution in [0.2, 0.25) is 0 Å². The molecule has 2 atom stereocenters. The molecule has 194 valence electrons. The molecule has 0 radical (unpaired) electrons. The average molecular weight is 504 g/mol. The van der Waals surface area contributed by atoms with E-state index < -0.39 is 12.1 Å². The van der Waals surface area contributed by atoms with Crippen molar-refractivity contribution in [3.05, 3.63) is 40.8 Å². The number of aromatic nitrogens is 3. The molecule has 36 heavy (non-hydrogen) atoms. The number of pyridine rings is 1. The summed E-state index contributed by atoms with van der Waals surface area (Å²) >= 11 is 0. The maximum atomic E-state index is 13.3. The van der Waals surface area contributed by atoms with E-state index in [9.17, 15) is 18.0 Å². The van der Waals surface area contributed by atoms with Gasteiger partial charge in [0.1, 0.15) is 11.9 Å². The zero-order valence-electron chi connectivity index (χ0n) is 20.7. The quantitative estimate of drug-likeness (QED) is 0.588. The number of fused-ring (bicyclic) bond motifs is 1. The van der Waals surface area contributed by atoms with Gasteiger partial charge in [-0.15, -0.1) is 0 Å². The second-order valence-corrected chi connectivity index (χ2v) is 11.0. The van der Waals surface area contributed by atoms with Gasteiger partial charge >= 0.3 is 6.18 Å². The van der Waals surface area contributed by atoms with Crippen molar-refractivity contribution in [2.24, 2.45) is 5.92 Å². The van der Waals surface area contributed by atoms with E-state index in [1.54, 1.807) is 11.9 Å². The second-order valence-electron chi connectivity index (χ2n) is 11.0. The van der Waals surface area contributed by atoms with E-state index in [2.05, 4.69) is 16.2 Å². The van der Waals surface area contributed by atoms with Gasteiger partial charge in [-0.05, 0) is 51.5 Å². The number of hydrogen-bond acceptors (Lipinski definition) is 5. The molecule has 10 heteroatoms. The summed E-state index contributed by atoms with van der Waals surface area (Å²) in [6.45, 7) is 3.69. The van der Waals surface area contributed by atoms with Crippen LogP contribution in [0.4, 0.5) is 19.0 Å². The number of hydrogen-bond donors (Lipinski definition) is 0. The molecule has 0 unspecified atom stereocenters. The maximum Gasteiger partial charge on any atom is 0.391 e. The Hall–Kier alpha value is -2.62. The number of halogens is 3. The Labute approximate surface area is 208 Å². The molecule has 7 nitrogen and oxygen atoms in total. The number of anilines is 1. The number of ether oxygens (including phenoxy) is 1. The maximum absolute atomic E-state index is 13.3. The van der Waals surface area contributed by atoms with Gasteiger partial charge in [0.25, 0.3) is 5.91 Å². The van der Waals surface area contributed by atoms with Gasteiger partial charge in [-0.3, -0.25) is 9.48 Å². The van der Waals surface area contributed by atoms with E-state index >= 15 is 0 Å². The highest BCUT2D eigenvalue weighted by Crippen LogP contribution is 2.45. The van der Waals surface area contributed by atoms with Crippen molar-refractivity contribution in [3.8, 4) is 0 Å². The van der Waals surface area contributed by atoms with Crippen LogP contribution in [0, 0.1) is 5.92 Å². The van der Waals surface area contributed by atoms with E-state index in [1.165, 1.54) is 0 Å². The normalized spacial score (nSPS) is 29.1. The minimum atomic E-state index is -4.15. The third-order valence-corrected chi connectivity index (χ3v) is 8.19.